The van der Waals surface area contributed by atoms with Crippen molar-refractivity contribution in [3.05, 3.63) is 82.6 Å². The number of ether oxygens (including phenoxy) is 3. The van der Waals surface area contributed by atoms with E-state index in [9.17, 15) is 14.3 Å². The zero-order chi connectivity index (χ0) is 31.3. The van der Waals surface area contributed by atoms with Gasteiger partial charge in [-0.15, -0.1) is 0 Å². The Bertz CT molecular complexity index is 1700. The van der Waals surface area contributed by atoms with Gasteiger partial charge in [0.05, 0.1) is 43.6 Å². The maximum atomic E-state index is 14.5. The van der Waals surface area contributed by atoms with Crippen LogP contribution in [0.1, 0.15) is 58.2 Å². The van der Waals surface area contributed by atoms with E-state index in [1.165, 1.54) is 32.6 Å². The average molecular weight is 618 g/mol. The molecule has 0 radical (unpaired) electrons. The summed E-state index contributed by atoms with van der Waals surface area (Å²) in [4.78, 5) is 28.5. The predicted molar refractivity (Wildman–Crippen MR) is 164 cm³/mol. The standard InChI is InChI=1S/C33H36FN5O6/c1-42-29-16-24(33(40)41)15-28-32(29)37-30(39(28)18-25-10-13-44-25)19-38-11-8-22(9-12-38)27-4-3-5-31(36-27)45-20-23-7-6-21(14-26(23)34)17-35-43-2/h3-7,14-17,22,25H,8-13,18-20H2,1-2H3,(H,40,41)/t25-/m0/s1. The van der Waals surface area contributed by atoms with Gasteiger partial charge in [-0.05, 0) is 62.2 Å². The monoisotopic (exact) mass is 617 g/mol. The van der Waals surface area contributed by atoms with Gasteiger partial charge >= 0.3 is 5.97 Å². The zero-order valence-electron chi connectivity index (χ0n) is 25.3. The second-order valence-corrected chi connectivity index (χ2v) is 11.3. The maximum Gasteiger partial charge on any atom is 0.335 e. The number of hydrogen-bond acceptors (Lipinski definition) is 9. The summed E-state index contributed by atoms with van der Waals surface area (Å²) in [5, 5.41) is 13.3. The fraction of sp³-hybridized carbons (Fsp3) is 0.394. The highest BCUT2D eigenvalue weighted by Gasteiger charge is 2.27. The van der Waals surface area contributed by atoms with Crippen molar-refractivity contribution in [1.82, 2.24) is 19.4 Å². The van der Waals surface area contributed by atoms with Gasteiger partial charge in [-0.2, -0.15) is 0 Å². The summed E-state index contributed by atoms with van der Waals surface area (Å²) in [5.41, 5.74) is 3.54. The number of pyridine rings is 1. The summed E-state index contributed by atoms with van der Waals surface area (Å²) >= 11 is 0. The minimum absolute atomic E-state index is 0.0636. The van der Waals surface area contributed by atoms with Crippen LogP contribution in [0.15, 0.2) is 53.7 Å². The Balaban J connectivity index is 1.11. The van der Waals surface area contributed by atoms with Gasteiger partial charge in [0.15, 0.2) is 0 Å². The van der Waals surface area contributed by atoms with E-state index in [0.29, 0.717) is 41.4 Å². The summed E-state index contributed by atoms with van der Waals surface area (Å²) in [6.45, 7) is 3.73. The van der Waals surface area contributed by atoms with Crippen molar-refractivity contribution in [2.45, 2.75) is 51.0 Å². The third kappa shape index (κ3) is 6.91. The van der Waals surface area contributed by atoms with Gasteiger partial charge in [0, 0.05) is 29.8 Å². The third-order valence-corrected chi connectivity index (χ3v) is 8.42. The number of benzene rings is 2. The molecule has 12 heteroatoms. The lowest BCUT2D eigenvalue weighted by atomic mass is 9.93. The van der Waals surface area contributed by atoms with Gasteiger partial charge < -0.3 is 28.7 Å². The number of aromatic nitrogens is 3. The highest BCUT2D eigenvalue weighted by molar-refractivity contribution is 5.95. The number of nitrogens with zero attached hydrogens (tertiary/aromatic N) is 5. The summed E-state index contributed by atoms with van der Waals surface area (Å²) < 4.78 is 33.8. The van der Waals surface area contributed by atoms with Gasteiger partial charge in [-0.1, -0.05) is 23.4 Å². The first-order valence-corrected chi connectivity index (χ1v) is 15.0. The van der Waals surface area contributed by atoms with E-state index in [1.807, 2.05) is 12.1 Å². The summed E-state index contributed by atoms with van der Waals surface area (Å²) in [6, 6.07) is 13.7. The Morgan fingerprint density at radius 1 is 1.13 bits per heavy atom. The van der Waals surface area contributed by atoms with Crippen molar-refractivity contribution in [3.8, 4) is 11.6 Å². The topological polar surface area (TPSA) is 121 Å². The van der Waals surface area contributed by atoms with E-state index >= 15 is 0 Å². The lowest BCUT2D eigenvalue weighted by Crippen LogP contribution is -2.35. The smallest absolute Gasteiger partial charge is 0.335 e. The van der Waals surface area contributed by atoms with Crippen molar-refractivity contribution in [3.63, 3.8) is 0 Å². The summed E-state index contributed by atoms with van der Waals surface area (Å²) in [6.07, 6.45) is 4.31. The lowest BCUT2D eigenvalue weighted by molar-refractivity contribution is -0.0592. The molecule has 236 valence electrons. The number of piperidine rings is 1. The molecule has 1 atom stereocenters. The number of hydrogen-bond donors (Lipinski definition) is 1. The molecule has 2 aromatic carbocycles. The number of likely N-dealkylation sites (tertiary alicyclic amines) is 1. The van der Waals surface area contributed by atoms with E-state index in [0.717, 1.165) is 56.0 Å². The number of rotatable bonds is 12. The number of oxime groups is 1. The number of carboxylic acids is 1. The van der Waals surface area contributed by atoms with E-state index in [-0.39, 0.29) is 30.0 Å². The quantitative estimate of drug-likeness (QED) is 0.173. The molecular formula is C33H36FN5O6. The van der Waals surface area contributed by atoms with Crippen LogP contribution in [-0.4, -0.2) is 76.7 Å². The largest absolute Gasteiger partial charge is 0.494 e. The molecule has 0 amide bonds. The molecule has 2 aromatic heterocycles. The van der Waals surface area contributed by atoms with Gasteiger partial charge in [-0.25, -0.2) is 19.2 Å². The molecular weight excluding hydrogens is 581 g/mol. The van der Waals surface area contributed by atoms with Crippen LogP contribution >= 0.6 is 0 Å². The number of carbonyl (C=O) groups is 1. The van der Waals surface area contributed by atoms with Gasteiger partial charge in [0.1, 0.15) is 36.6 Å². The zero-order valence-corrected chi connectivity index (χ0v) is 25.3. The third-order valence-electron chi connectivity index (χ3n) is 8.42. The number of imidazole rings is 1. The molecule has 0 spiro atoms. The fourth-order valence-electron chi connectivity index (χ4n) is 5.83. The van der Waals surface area contributed by atoms with E-state index in [4.69, 9.17) is 24.2 Å². The second-order valence-electron chi connectivity index (χ2n) is 11.3. The van der Waals surface area contributed by atoms with Crippen LogP contribution in [0.25, 0.3) is 11.0 Å². The van der Waals surface area contributed by atoms with Crippen LogP contribution in [0.4, 0.5) is 4.39 Å². The van der Waals surface area contributed by atoms with Crippen molar-refractivity contribution in [2.75, 3.05) is 33.9 Å². The van der Waals surface area contributed by atoms with Crippen LogP contribution in [0.2, 0.25) is 0 Å². The Hall–Kier alpha value is -4.55. The molecule has 4 aromatic rings. The number of halogens is 1. The molecule has 4 heterocycles. The van der Waals surface area contributed by atoms with Crippen LogP contribution in [-0.2, 0) is 29.3 Å². The first-order valence-electron chi connectivity index (χ1n) is 15.0. The number of carboxylic acid groups (broad SMARTS) is 1. The molecule has 2 aliphatic rings. The van der Waals surface area contributed by atoms with Gasteiger partial charge in [-0.3, -0.25) is 4.90 Å². The predicted octanol–water partition coefficient (Wildman–Crippen LogP) is 5.01. The summed E-state index contributed by atoms with van der Waals surface area (Å²) in [5.74, 6) is 0.641. The molecule has 0 saturated carbocycles. The first-order chi connectivity index (χ1) is 21.9. The van der Waals surface area contributed by atoms with Crippen molar-refractivity contribution in [1.29, 1.82) is 0 Å². The molecule has 1 N–H and O–H groups in total. The molecule has 2 aliphatic heterocycles. The van der Waals surface area contributed by atoms with Crippen LogP contribution in [0, 0.1) is 5.82 Å². The van der Waals surface area contributed by atoms with Crippen LogP contribution < -0.4 is 9.47 Å². The van der Waals surface area contributed by atoms with Crippen molar-refractivity contribution in [2.24, 2.45) is 5.16 Å². The Labute approximate surface area is 260 Å². The molecule has 2 saturated heterocycles. The number of aromatic carboxylic acids is 1. The summed E-state index contributed by atoms with van der Waals surface area (Å²) in [7, 11) is 2.96. The molecule has 45 heavy (non-hydrogen) atoms. The van der Waals surface area contributed by atoms with E-state index in [1.54, 1.807) is 24.3 Å². The SMILES string of the molecule is CON=Cc1ccc(COc2cccc(C3CCN(Cc4nc5c(OC)cc(C(=O)O)cc5n4C[C@@H]4CCO4)CC3)n2)c(F)c1. The van der Waals surface area contributed by atoms with Gasteiger partial charge in [0.25, 0.3) is 0 Å². The maximum absolute atomic E-state index is 14.5. The lowest BCUT2D eigenvalue weighted by Gasteiger charge is -2.32. The van der Waals surface area contributed by atoms with E-state index < -0.39 is 5.97 Å². The van der Waals surface area contributed by atoms with E-state index in [2.05, 4.69) is 19.5 Å². The number of fused-ring (bicyclic) bond motifs is 1. The minimum atomic E-state index is -1.01. The first kappa shape index (κ1) is 30.5. The average Bonchev–Trinajstić information content (AvgIpc) is 3.37. The molecule has 6 rings (SSSR count). The Morgan fingerprint density at radius 3 is 2.64 bits per heavy atom. The molecule has 0 unspecified atom stereocenters. The van der Waals surface area contributed by atoms with Crippen LogP contribution in [0.5, 0.6) is 11.6 Å². The Morgan fingerprint density at radius 2 is 1.96 bits per heavy atom. The molecule has 0 aliphatic carbocycles. The van der Waals surface area contributed by atoms with Gasteiger partial charge in [0.2, 0.25) is 5.88 Å². The highest BCUT2D eigenvalue weighted by Crippen LogP contribution is 2.32. The normalized spacial score (nSPS) is 17.4. The number of methoxy groups -OCH3 is 1. The van der Waals surface area contributed by atoms with Crippen molar-refractivity contribution < 1.29 is 33.3 Å². The Kier molecular flexibility index (Phi) is 9.22. The second kappa shape index (κ2) is 13.6. The highest BCUT2D eigenvalue weighted by atomic mass is 19.1. The molecule has 2 fully saturated rings. The fourth-order valence-corrected chi connectivity index (χ4v) is 5.83. The van der Waals surface area contributed by atoms with Crippen molar-refractivity contribution >= 4 is 23.2 Å². The minimum Gasteiger partial charge on any atom is -0.494 e. The molecule has 0 bridgehead atoms. The molecule has 11 nitrogen and oxygen atoms in total. The van der Waals surface area contributed by atoms with Crippen LogP contribution in [0.3, 0.4) is 0 Å².